The van der Waals surface area contributed by atoms with Crippen molar-refractivity contribution in [3.8, 4) is 11.5 Å². The highest BCUT2D eigenvalue weighted by atomic mass is 16.7. The maximum Gasteiger partial charge on any atom is 0.342 e. The van der Waals surface area contributed by atoms with E-state index in [-0.39, 0.29) is 13.4 Å². The maximum absolute atomic E-state index is 12.5. The van der Waals surface area contributed by atoms with Crippen molar-refractivity contribution in [3.05, 3.63) is 95.6 Å². The van der Waals surface area contributed by atoms with Gasteiger partial charge in [0.05, 0.1) is 0 Å². The summed E-state index contributed by atoms with van der Waals surface area (Å²) >= 11 is 0. The van der Waals surface area contributed by atoms with Crippen LogP contribution in [-0.2, 0) is 22.7 Å². The lowest BCUT2D eigenvalue weighted by atomic mass is 10.2. The molecule has 0 spiro atoms. The highest BCUT2D eigenvalue weighted by molar-refractivity contribution is 5.92. The Morgan fingerprint density at radius 1 is 0.786 bits per heavy atom. The molecule has 0 aliphatic carbocycles. The molecule has 0 atom stereocenters. The number of carbonyl (C=O) groups is 1. The van der Waals surface area contributed by atoms with Crippen LogP contribution in [0.4, 0.5) is 0 Å². The van der Waals surface area contributed by atoms with Crippen molar-refractivity contribution >= 4 is 5.97 Å². The van der Waals surface area contributed by atoms with Crippen molar-refractivity contribution < 1.29 is 23.7 Å². The number of ether oxygens (including phenoxy) is 4. The molecule has 0 unspecified atom stereocenters. The fourth-order valence-corrected chi connectivity index (χ4v) is 2.54. The molecule has 3 aromatic rings. The van der Waals surface area contributed by atoms with E-state index < -0.39 is 5.97 Å². The predicted molar refractivity (Wildman–Crippen MR) is 105 cm³/mol. The zero-order valence-corrected chi connectivity index (χ0v) is 15.7. The van der Waals surface area contributed by atoms with Gasteiger partial charge in [0.2, 0.25) is 0 Å². The summed E-state index contributed by atoms with van der Waals surface area (Å²) in [7, 11) is 1.52. The molecule has 0 saturated heterocycles. The Morgan fingerprint density at radius 3 is 2.07 bits per heavy atom. The van der Waals surface area contributed by atoms with Gasteiger partial charge in [-0.25, -0.2) is 4.79 Å². The van der Waals surface area contributed by atoms with Gasteiger partial charge < -0.3 is 18.9 Å². The third-order valence-electron chi connectivity index (χ3n) is 3.97. The van der Waals surface area contributed by atoms with Crippen molar-refractivity contribution in [2.24, 2.45) is 0 Å². The van der Waals surface area contributed by atoms with E-state index in [1.165, 1.54) is 7.11 Å². The van der Waals surface area contributed by atoms with E-state index in [0.29, 0.717) is 23.7 Å². The molecule has 0 heterocycles. The monoisotopic (exact) mass is 378 g/mol. The molecule has 3 rings (SSSR count). The minimum Gasteiger partial charge on any atom is -0.489 e. The van der Waals surface area contributed by atoms with Crippen LogP contribution in [0.15, 0.2) is 78.9 Å². The maximum atomic E-state index is 12.5. The summed E-state index contributed by atoms with van der Waals surface area (Å²) in [4.78, 5) is 12.5. The molecule has 0 bridgehead atoms. The largest absolute Gasteiger partial charge is 0.489 e. The molecule has 5 heteroatoms. The summed E-state index contributed by atoms with van der Waals surface area (Å²) in [5.74, 6) is 0.476. The summed E-state index contributed by atoms with van der Waals surface area (Å²) in [6, 6.07) is 24.4. The van der Waals surface area contributed by atoms with Gasteiger partial charge in [0, 0.05) is 13.2 Å². The van der Waals surface area contributed by atoms with E-state index in [2.05, 4.69) is 0 Å². The molecule has 5 nitrogen and oxygen atoms in total. The van der Waals surface area contributed by atoms with E-state index in [9.17, 15) is 4.79 Å². The molecule has 0 radical (unpaired) electrons. The molecule has 0 aromatic heterocycles. The van der Waals surface area contributed by atoms with Crippen LogP contribution in [0, 0.1) is 0 Å². The highest BCUT2D eigenvalue weighted by Gasteiger charge is 2.16. The van der Waals surface area contributed by atoms with Gasteiger partial charge in [0.15, 0.2) is 6.79 Å². The molecule has 0 fully saturated rings. The number of methoxy groups -OCH3 is 1. The number of hydrogen-bond acceptors (Lipinski definition) is 5. The molecule has 0 aliphatic heterocycles. The molecule has 3 aromatic carbocycles. The number of carbonyl (C=O) groups excluding carboxylic acids is 1. The molecule has 0 N–H and O–H groups in total. The Balaban J connectivity index is 1.69. The Morgan fingerprint density at radius 2 is 1.43 bits per heavy atom. The van der Waals surface area contributed by atoms with E-state index in [4.69, 9.17) is 18.9 Å². The highest BCUT2D eigenvalue weighted by Crippen LogP contribution is 2.27. The second-order valence-electron chi connectivity index (χ2n) is 6.04. The molecule has 0 saturated carbocycles. The molecular weight excluding hydrogens is 356 g/mol. The van der Waals surface area contributed by atoms with Gasteiger partial charge in [-0.2, -0.15) is 0 Å². The number of benzene rings is 3. The van der Waals surface area contributed by atoms with Gasteiger partial charge in [0.1, 0.15) is 30.3 Å². The second kappa shape index (κ2) is 10.1. The van der Waals surface area contributed by atoms with Crippen LogP contribution in [0.2, 0.25) is 0 Å². The second-order valence-corrected chi connectivity index (χ2v) is 6.04. The predicted octanol–water partition coefficient (Wildman–Crippen LogP) is 4.61. The Labute approximate surface area is 164 Å². The van der Waals surface area contributed by atoms with Crippen LogP contribution >= 0.6 is 0 Å². The minimum atomic E-state index is -0.468. The van der Waals surface area contributed by atoms with Gasteiger partial charge in [-0.05, 0) is 23.3 Å². The van der Waals surface area contributed by atoms with Crippen LogP contribution in [0.1, 0.15) is 21.5 Å². The van der Waals surface area contributed by atoms with Crippen molar-refractivity contribution in [2.75, 3.05) is 13.9 Å². The molecular formula is C23H22O5. The number of rotatable bonds is 9. The molecule has 144 valence electrons. The summed E-state index contributed by atoms with van der Waals surface area (Å²) in [6.07, 6.45) is 0. The van der Waals surface area contributed by atoms with Gasteiger partial charge in [-0.15, -0.1) is 0 Å². The smallest absolute Gasteiger partial charge is 0.342 e. The number of hydrogen-bond donors (Lipinski definition) is 0. The molecule has 28 heavy (non-hydrogen) atoms. The van der Waals surface area contributed by atoms with Crippen molar-refractivity contribution in [2.45, 2.75) is 13.2 Å². The standard InChI is InChI=1S/C23H22O5/c1-25-17-28-22-14-20(26-15-18-8-4-2-5-9-18)12-13-21(22)23(24)27-16-19-10-6-3-7-11-19/h2-14H,15-17H2,1H3. The Bertz CT molecular complexity index is 878. The lowest BCUT2D eigenvalue weighted by Gasteiger charge is -2.13. The average molecular weight is 378 g/mol. The van der Waals surface area contributed by atoms with Gasteiger partial charge in [-0.1, -0.05) is 60.7 Å². The third kappa shape index (κ3) is 5.59. The minimum absolute atomic E-state index is 0.0150. The summed E-state index contributed by atoms with van der Waals surface area (Å²) in [6.45, 7) is 0.624. The van der Waals surface area contributed by atoms with Gasteiger partial charge in [0.25, 0.3) is 0 Å². The zero-order valence-electron chi connectivity index (χ0n) is 15.7. The fourth-order valence-electron chi connectivity index (χ4n) is 2.54. The summed E-state index contributed by atoms with van der Waals surface area (Å²) < 4.78 is 21.7. The Kier molecular flexibility index (Phi) is 7.04. The van der Waals surface area contributed by atoms with Gasteiger partial charge >= 0.3 is 5.97 Å². The lowest BCUT2D eigenvalue weighted by Crippen LogP contribution is -2.10. The first-order valence-electron chi connectivity index (χ1n) is 8.90. The summed E-state index contributed by atoms with van der Waals surface area (Å²) in [5, 5.41) is 0. The van der Waals surface area contributed by atoms with Crippen molar-refractivity contribution in [3.63, 3.8) is 0 Å². The van der Waals surface area contributed by atoms with Gasteiger partial charge in [-0.3, -0.25) is 0 Å². The van der Waals surface area contributed by atoms with Crippen LogP contribution in [0.5, 0.6) is 11.5 Å². The van der Waals surface area contributed by atoms with E-state index >= 15 is 0 Å². The van der Waals surface area contributed by atoms with E-state index in [0.717, 1.165) is 11.1 Å². The van der Waals surface area contributed by atoms with Crippen LogP contribution in [0.25, 0.3) is 0 Å². The lowest BCUT2D eigenvalue weighted by molar-refractivity contribution is 0.0407. The fraction of sp³-hybridized carbons (Fsp3) is 0.174. The average Bonchev–Trinajstić information content (AvgIpc) is 2.76. The van der Waals surface area contributed by atoms with Crippen molar-refractivity contribution in [1.82, 2.24) is 0 Å². The van der Waals surface area contributed by atoms with Crippen molar-refractivity contribution in [1.29, 1.82) is 0 Å². The van der Waals surface area contributed by atoms with Crippen LogP contribution in [0.3, 0.4) is 0 Å². The third-order valence-corrected chi connectivity index (χ3v) is 3.97. The molecule has 0 aliphatic rings. The normalized spacial score (nSPS) is 10.3. The van der Waals surface area contributed by atoms with E-state index in [1.807, 2.05) is 60.7 Å². The molecule has 0 amide bonds. The number of esters is 1. The van der Waals surface area contributed by atoms with Crippen LogP contribution < -0.4 is 9.47 Å². The summed E-state index contributed by atoms with van der Waals surface area (Å²) in [5.41, 5.74) is 2.28. The van der Waals surface area contributed by atoms with Crippen LogP contribution in [-0.4, -0.2) is 19.9 Å². The first-order valence-corrected chi connectivity index (χ1v) is 8.90. The first-order chi connectivity index (χ1) is 13.8. The zero-order chi connectivity index (χ0) is 19.6. The SMILES string of the molecule is COCOc1cc(OCc2ccccc2)ccc1C(=O)OCc1ccccc1. The topological polar surface area (TPSA) is 54.0 Å². The van der Waals surface area contributed by atoms with E-state index in [1.54, 1.807) is 18.2 Å². The Hall–Kier alpha value is -3.31. The first kappa shape index (κ1) is 19.5. The quantitative estimate of drug-likeness (QED) is 0.402.